The van der Waals surface area contributed by atoms with E-state index in [1.165, 1.54) is 0 Å². The number of sulfonamides is 1. The number of nitrogens with zero attached hydrogens (tertiary/aromatic N) is 1. The molecule has 0 atom stereocenters. The first kappa shape index (κ1) is 18.2. The molecule has 0 aliphatic carbocycles. The average Bonchev–Trinajstić information content (AvgIpc) is 2.87. The third-order valence-corrected chi connectivity index (χ3v) is 4.69. The van der Waals surface area contributed by atoms with Gasteiger partial charge in [0.15, 0.2) is 0 Å². The lowest BCUT2D eigenvalue weighted by Gasteiger charge is -2.05. The van der Waals surface area contributed by atoms with Gasteiger partial charge in [0.05, 0.1) is 4.90 Å². The van der Waals surface area contributed by atoms with Gasteiger partial charge >= 0.3 is 0 Å². The van der Waals surface area contributed by atoms with Crippen LogP contribution in [0.1, 0.15) is 38.3 Å². The maximum Gasteiger partial charge on any atom is 0.242 e. The minimum Gasteiger partial charge on any atom is -0.385 e. The Morgan fingerprint density at radius 2 is 2.10 bits per heavy atom. The van der Waals surface area contributed by atoms with Crippen LogP contribution in [0.15, 0.2) is 17.2 Å². The number of nitrogens with two attached hydrogens (primary N) is 1. The SMILES string of the molecule is CCCn1cc(S(=O)(=O)NCCCCCOC)cc1CN. The summed E-state index contributed by atoms with van der Waals surface area (Å²) in [5.74, 6) is 0. The standard InChI is InChI=1S/C14H27N3O3S/c1-3-8-17-12-14(10-13(17)11-15)21(18,19)16-7-5-4-6-9-20-2/h10,12,16H,3-9,11,15H2,1-2H3. The Hall–Kier alpha value is -0.890. The number of hydrogen-bond acceptors (Lipinski definition) is 4. The van der Waals surface area contributed by atoms with Crippen LogP contribution in [0.2, 0.25) is 0 Å². The van der Waals surface area contributed by atoms with Gasteiger partial charge in [-0.05, 0) is 31.7 Å². The number of nitrogens with one attached hydrogen (secondary N) is 1. The topological polar surface area (TPSA) is 86.3 Å². The molecule has 0 bridgehead atoms. The maximum atomic E-state index is 12.2. The van der Waals surface area contributed by atoms with Crippen LogP contribution in [-0.4, -0.2) is 33.2 Å². The highest BCUT2D eigenvalue weighted by molar-refractivity contribution is 7.89. The fourth-order valence-electron chi connectivity index (χ4n) is 2.13. The largest absolute Gasteiger partial charge is 0.385 e. The van der Waals surface area contributed by atoms with Crippen LogP contribution < -0.4 is 10.5 Å². The molecular weight excluding hydrogens is 290 g/mol. The van der Waals surface area contributed by atoms with Crippen molar-refractivity contribution in [2.45, 2.75) is 50.6 Å². The Balaban J connectivity index is 2.57. The highest BCUT2D eigenvalue weighted by Gasteiger charge is 2.17. The van der Waals surface area contributed by atoms with E-state index >= 15 is 0 Å². The van der Waals surface area contributed by atoms with E-state index in [0.29, 0.717) is 24.6 Å². The highest BCUT2D eigenvalue weighted by atomic mass is 32.2. The zero-order chi connectivity index (χ0) is 15.7. The molecule has 0 spiro atoms. The van der Waals surface area contributed by atoms with Crippen LogP contribution in [0.5, 0.6) is 0 Å². The summed E-state index contributed by atoms with van der Waals surface area (Å²) in [7, 11) is -1.78. The number of rotatable bonds is 11. The van der Waals surface area contributed by atoms with Crippen molar-refractivity contribution in [1.29, 1.82) is 0 Å². The number of hydrogen-bond donors (Lipinski definition) is 2. The van der Waals surface area contributed by atoms with Crippen LogP contribution in [0.25, 0.3) is 0 Å². The molecule has 7 heteroatoms. The molecule has 21 heavy (non-hydrogen) atoms. The van der Waals surface area contributed by atoms with Gasteiger partial charge in [-0.2, -0.15) is 0 Å². The molecule has 1 aromatic rings. The third-order valence-electron chi connectivity index (χ3n) is 3.26. The Morgan fingerprint density at radius 3 is 2.71 bits per heavy atom. The summed E-state index contributed by atoms with van der Waals surface area (Å²) in [4.78, 5) is 0.299. The Labute approximate surface area is 127 Å². The van der Waals surface area contributed by atoms with E-state index < -0.39 is 10.0 Å². The number of ether oxygens (including phenoxy) is 1. The molecule has 0 aromatic carbocycles. The molecule has 6 nitrogen and oxygen atoms in total. The van der Waals surface area contributed by atoms with E-state index in [1.807, 2.05) is 11.5 Å². The van der Waals surface area contributed by atoms with Crippen LogP contribution in [-0.2, 0) is 27.8 Å². The van der Waals surface area contributed by atoms with Crippen LogP contribution in [0.4, 0.5) is 0 Å². The van der Waals surface area contributed by atoms with Crippen LogP contribution in [0.3, 0.4) is 0 Å². The summed E-state index contributed by atoms with van der Waals surface area (Å²) < 4.78 is 33.9. The Kier molecular flexibility index (Phi) is 7.95. The summed E-state index contributed by atoms with van der Waals surface area (Å²) in [5, 5.41) is 0. The van der Waals surface area contributed by atoms with Crippen molar-refractivity contribution in [1.82, 2.24) is 9.29 Å². The van der Waals surface area contributed by atoms with E-state index in [4.69, 9.17) is 10.5 Å². The molecule has 0 unspecified atom stereocenters. The zero-order valence-electron chi connectivity index (χ0n) is 13.0. The van der Waals surface area contributed by atoms with Gasteiger partial charge in [0.25, 0.3) is 0 Å². The fraction of sp³-hybridized carbons (Fsp3) is 0.714. The fourth-order valence-corrected chi connectivity index (χ4v) is 3.27. The molecule has 3 N–H and O–H groups in total. The third kappa shape index (κ3) is 5.78. The molecular formula is C14H27N3O3S. The molecule has 0 aliphatic rings. The smallest absolute Gasteiger partial charge is 0.242 e. The average molecular weight is 317 g/mol. The summed E-state index contributed by atoms with van der Waals surface area (Å²) in [6, 6.07) is 1.66. The second-order valence-electron chi connectivity index (χ2n) is 5.02. The van der Waals surface area contributed by atoms with Gasteiger partial charge in [-0.1, -0.05) is 6.92 Å². The van der Waals surface area contributed by atoms with Gasteiger partial charge in [-0.15, -0.1) is 0 Å². The van der Waals surface area contributed by atoms with Crippen LogP contribution in [0, 0.1) is 0 Å². The maximum absolute atomic E-state index is 12.2. The molecule has 0 radical (unpaired) electrons. The molecule has 0 saturated heterocycles. The second-order valence-corrected chi connectivity index (χ2v) is 6.78. The summed E-state index contributed by atoms with van der Waals surface area (Å²) >= 11 is 0. The molecule has 0 aliphatic heterocycles. The number of methoxy groups -OCH3 is 1. The van der Waals surface area contributed by atoms with Crippen molar-refractivity contribution in [3.63, 3.8) is 0 Å². The van der Waals surface area contributed by atoms with Gasteiger partial charge < -0.3 is 15.0 Å². The van der Waals surface area contributed by atoms with Crippen molar-refractivity contribution in [3.05, 3.63) is 18.0 Å². The number of unbranched alkanes of at least 4 members (excludes halogenated alkanes) is 2. The predicted octanol–water partition coefficient (Wildman–Crippen LogP) is 1.45. The lowest BCUT2D eigenvalue weighted by molar-refractivity contribution is 0.192. The van der Waals surface area contributed by atoms with Crippen molar-refractivity contribution < 1.29 is 13.2 Å². The van der Waals surface area contributed by atoms with E-state index in [-0.39, 0.29) is 0 Å². The quantitative estimate of drug-likeness (QED) is 0.605. The lowest BCUT2D eigenvalue weighted by atomic mass is 10.2. The minimum absolute atomic E-state index is 0.299. The normalized spacial score (nSPS) is 12.0. The van der Waals surface area contributed by atoms with E-state index in [2.05, 4.69) is 4.72 Å². The zero-order valence-corrected chi connectivity index (χ0v) is 13.8. The van der Waals surface area contributed by atoms with Gasteiger partial charge in [-0.25, -0.2) is 13.1 Å². The molecule has 1 rings (SSSR count). The first-order valence-corrected chi connectivity index (χ1v) is 8.91. The Bertz CT molecular complexity index is 512. The number of aromatic nitrogens is 1. The monoisotopic (exact) mass is 317 g/mol. The molecule has 0 fully saturated rings. The summed E-state index contributed by atoms with van der Waals surface area (Å²) in [6.45, 7) is 4.33. The van der Waals surface area contributed by atoms with Gasteiger partial charge in [-0.3, -0.25) is 0 Å². The second kappa shape index (κ2) is 9.19. The van der Waals surface area contributed by atoms with E-state index in [9.17, 15) is 8.42 Å². The summed E-state index contributed by atoms with van der Waals surface area (Å²) in [5.41, 5.74) is 6.50. The van der Waals surface area contributed by atoms with E-state index in [0.717, 1.165) is 37.9 Å². The molecule has 0 amide bonds. The van der Waals surface area contributed by atoms with Crippen molar-refractivity contribution >= 4 is 10.0 Å². The van der Waals surface area contributed by atoms with Gasteiger partial charge in [0, 0.05) is 45.2 Å². The first-order chi connectivity index (χ1) is 10.0. The van der Waals surface area contributed by atoms with Crippen LogP contribution >= 0.6 is 0 Å². The summed E-state index contributed by atoms with van der Waals surface area (Å²) in [6.07, 6.45) is 5.30. The van der Waals surface area contributed by atoms with Crippen molar-refractivity contribution in [2.75, 3.05) is 20.3 Å². The first-order valence-electron chi connectivity index (χ1n) is 7.43. The number of aryl methyl sites for hydroxylation is 1. The van der Waals surface area contributed by atoms with E-state index in [1.54, 1.807) is 19.4 Å². The predicted molar refractivity (Wildman–Crippen MR) is 83.5 cm³/mol. The minimum atomic E-state index is -3.44. The molecule has 0 saturated carbocycles. The molecule has 1 heterocycles. The van der Waals surface area contributed by atoms with Gasteiger partial charge in [0.1, 0.15) is 0 Å². The van der Waals surface area contributed by atoms with Gasteiger partial charge in [0.2, 0.25) is 10.0 Å². The van der Waals surface area contributed by atoms with Crippen molar-refractivity contribution in [3.8, 4) is 0 Å². The molecule has 122 valence electrons. The molecule has 1 aromatic heterocycles. The highest BCUT2D eigenvalue weighted by Crippen LogP contribution is 2.15. The van der Waals surface area contributed by atoms with Crippen molar-refractivity contribution in [2.24, 2.45) is 5.73 Å². The lowest BCUT2D eigenvalue weighted by Crippen LogP contribution is -2.24. The Morgan fingerprint density at radius 1 is 1.33 bits per heavy atom.